The third-order valence-corrected chi connectivity index (χ3v) is 11.3. The highest BCUT2D eigenvalue weighted by molar-refractivity contribution is 5.89. The van der Waals surface area contributed by atoms with Crippen molar-refractivity contribution < 1.29 is 47.6 Å². The smallest absolute Gasteiger partial charge is 0.385 e. The summed E-state index contributed by atoms with van der Waals surface area (Å²) >= 11 is 0. The van der Waals surface area contributed by atoms with Gasteiger partial charge in [0, 0.05) is 101 Å². The molecule has 0 aromatic heterocycles. The van der Waals surface area contributed by atoms with Crippen molar-refractivity contribution in [2.24, 2.45) is 0 Å². The van der Waals surface area contributed by atoms with Gasteiger partial charge >= 0.3 is 11.9 Å². The van der Waals surface area contributed by atoms with Crippen molar-refractivity contribution in [3.63, 3.8) is 0 Å². The molecule has 6 nitrogen and oxygen atoms in total. The summed E-state index contributed by atoms with van der Waals surface area (Å²) in [6, 6.07) is 0. The number of nitrogens with zero attached hydrogens (tertiary/aromatic N) is 1. The highest BCUT2D eigenvalue weighted by Crippen LogP contribution is 2.38. The molecule has 2 aliphatic rings. The number of carbonyl (C=O) groups excluding carboxylic acids is 2. The van der Waals surface area contributed by atoms with Crippen LogP contribution in [0.4, 0.5) is 0 Å². The third kappa shape index (κ3) is 30.3. The second-order valence-electron chi connectivity index (χ2n) is 19.4. The molecule has 386 valence electrons. The maximum absolute atomic E-state index is 12.2. The van der Waals surface area contributed by atoms with Crippen molar-refractivity contribution in [2.45, 2.75) is 232 Å². The van der Waals surface area contributed by atoms with E-state index in [2.05, 4.69) is 198 Å². The molecule has 0 amide bonds. The van der Waals surface area contributed by atoms with Crippen LogP contribution in [0.25, 0.3) is 0 Å². The molecular weight excluding hydrogens is 801 g/mol. The summed E-state index contributed by atoms with van der Waals surface area (Å²) in [6.45, 7) is 21.3. The number of likely N-dealkylation sites (tertiary alicyclic amines) is 1. The lowest BCUT2D eigenvalue weighted by molar-refractivity contribution is -0.154. The molecule has 2 heterocycles. The van der Waals surface area contributed by atoms with Gasteiger partial charge in [0.1, 0.15) is 12.2 Å². The number of ether oxygens (including phenoxy) is 2. The average Bonchev–Trinajstić information content (AvgIpc) is 3.21. The van der Waals surface area contributed by atoms with Crippen LogP contribution in [0.5, 0.6) is 0 Å². The third-order valence-electron chi connectivity index (χ3n) is 11.3. The van der Waals surface area contributed by atoms with Crippen LogP contribution in [-0.2, 0) is 19.1 Å². The van der Waals surface area contributed by atoms with Crippen LogP contribution in [0.15, 0.2) is 0 Å². The summed E-state index contributed by atoms with van der Waals surface area (Å²) in [5, 5.41) is 3.64. The Hall–Kier alpha value is -5.54. The van der Waals surface area contributed by atoms with E-state index in [0.717, 1.165) is 38.5 Å². The molecule has 0 unspecified atom stereocenters. The molecule has 6 heteroatoms. The Labute approximate surface area is 426 Å². The van der Waals surface area contributed by atoms with E-state index in [1.165, 1.54) is 83.5 Å². The lowest BCUT2D eigenvalue weighted by Crippen LogP contribution is -2.60. The zero-order chi connectivity index (χ0) is 48.3. The first-order valence-corrected chi connectivity index (χ1v) is 23.8. The van der Waals surface area contributed by atoms with Gasteiger partial charge in [-0.1, -0.05) is 103 Å². The summed E-state index contributed by atoms with van der Waals surface area (Å²) in [7, 11) is 2.09. The van der Waals surface area contributed by atoms with Crippen molar-refractivity contribution in [1.82, 2.24) is 10.2 Å². The van der Waals surface area contributed by atoms with Crippen LogP contribution < -0.4 is 5.32 Å². The first-order chi connectivity index (χ1) is 30.9. The normalized spacial score (nSPS) is 15.8. The van der Waals surface area contributed by atoms with Crippen LogP contribution >= 0.6 is 0 Å². The Balaban J connectivity index is -0.0000000450. The summed E-state index contributed by atoms with van der Waals surface area (Å²) in [4.78, 5) is 26.6. The number of carbonyl (C=O) groups is 2. The minimum atomic E-state index is -0.586. The van der Waals surface area contributed by atoms with Crippen LogP contribution in [-0.4, -0.2) is 58.2 Å². The summed E-state index contributed by atoms with van der Waals surface area (Å²) in [5.74, 6) is 49.6. The van der Waals surface area contributed by atoms with Crippen molar-refractivity contribution in [1.29, 1.82) is 0 Å². The lowest BCUT2D eigenvalue weighted by atomic mass is 9.79. The van der Waals surface area contributed by atoms with E-state index in [9.17, 15) is 9.59 Å². The van der Waals surface area contributed by atoms with Gasteiger partial charge in [0.05, 0.1) is 0 Å². The first kappa shape index (κ1) is 57.5. The summed E-state index contributed by atoms with van der Waals surface area (Å²) < 4.78 is 11.3. The number of nitrogens with one attached hydrogen (secondary N) is 1. The number of hydrogen-bond acceptors (Lipinski definition) is 6. The fourth-order valence-electron chi connectivity index (χ4n) is 8.39. The molecule has 1 N–H and O–H groups in total. The van der Waals surface area contributed by atoms with Gasteiger partial charge < -0.3 is 14.8 Å². The predicted molar refractivity (Wildman–Crippen MR) is 311 cm³/mol. The lowest BCUT2D eigenvalue weighted by Gasteiger charge is -2.53. The Morgan fingerprint density at radius 1 is 0.492 bits per heavy atom. The molecule has 65 heavy (non-hydrogen) atoms. The van der Waals surface area contributed by atoms with Gasteiger partial charge in [-0.15, -0.1) is 0 Å². The molecule has 2 fully saturated rings. The Morgan fingerprint density at radius 3 is 1.18 bits per heavy atom. The van der Waals surface area contributed by atoms with E-state index in [1.54, 1.807) is 6.92 Å². The van der Waals surface area contributed by atoms with Crippen molar-refractivity contribution in [3.8, 4) is 118 Å². The van der Waals surface area contributed by atoms with Crippen LogP contribution in [0, 0.1) is 118 Å². The van der Waals surface area contributed by atoms with Gasteiger partial charge in [0.2, 0.25) is 0 Å². The van der Waals surface area contributed by atoms with E-state index in [4.69, 9.17) is 9.47 Å². The van der Waals surface area contributed by atoms with Crippen molar-refractivity contribution in [3.05, 3.63) is 0 Å². The fraction of sp³-hybridized carbons (Fsp3) is 0.627. The van der Waals surface area contributed by atoms with Crippen molar-refractivity contribution in [2.75, 3.05) is 7.05 Å². The highest BCUT2D eigenvalue weighted by atomic mass is 16.5. The number of piperidine rings is 2. The molecule has 0 spiro atoms. The summed E-state index contributed by atoms with van der Waals surface area (Å²) in [6.07, 6.45) is 24.0. The van der Waals surface area contributed by atoms with Gasteiger partial charge in [-0.05, 0) is 171 Å². The SMILES string of the molecule is CC#CC#CC#CC#CC#CC#CC#CC#CC#CC#CC(=O)OC1CC(C)(C)N(C)C(C)(C)C1.CCCCCCCCCCCCCCCCCC(=O)OC1CC(C)(C)NC(C)(C)C1.[HH].[HH].[HH].[HH].[HH].[HH].[HH].[HH].[HH].[HH].[HH].[HH].[HH].[HH].[HH].[HH].[HH].[HH].[HH].[HH]. The molecule has 0 atom stereocenters. The standard InChI is InChI=1S/C32H23NO2.C27H53NO2.20H2/c1-7-8-9-10-11-12-13-14-15-16-17-18-19-20-21-22-23-24-25-26-30(34)35-29-27-31(2,3)33(6)32(4,5)28-29;1-6-7-8-9-10-11-12-13-14-15-16-17-18-19-20-21-25(29)30-24-22-26(2,3)28-27(4,5)23-24;;;;;;;;;;;;;;;;;;;;/h29H,27-28H2,1-6H3;24,28H,6-23H2,1-5H3;20*1H. The molecule has 0 aromatic carbocycles. The zero-order valence-electron chi connectivity index (χ0n) is 41.9. The topological polar surface area (TPSA) is 67.9 Å². The number of unbranched alkanes of at least 4 members (excludes halogenated alkanes) is 14. The van der Waals surface area contributed by atoms with E-state index >= 15 is 0 Å². The van der Waals surface area contributed by atoms with Gasteiger partial charge in [-0.2, -0.15) is 0 Å². The second kappa shape index (κ2) is 33.0. The number of hydrogen-bond donors (Lipinski definition) is 1. The predicted octanol–water partition coefficient (Wildman–Crippen LogP) is 15.3. The molecule has 2 rings (SSSR count). The van der Waals surface area contributed by atoms with Gasteiger partial charge in [-0.25, -0.2) is 4.79 Å². The van der Waals surface area contributed by atoms with E-state index in [-0.39, 0.29) is 68.9 Å². The Bertz CT molecular complexity index is 2210. The molecule has 0 bridgehead atoms. The highest BCUT2D eigenvalue weighted by Gasteiger charge is 2.44. The van der Waals surface area contributed by atoms with E-state index in [0.29, 0.717) is 6.42 Å². The van der Waals surface area contributed by atoms with Crippen LogP contribution in [0.1, 0.15) is 226 Å². The number of rotatable bonds is 18. The maximum atomic E-state index is 12.2. The monoisotopic (exact) mass is 917 g/mol. The van der Waals surface area contributed by atoms with Gasteiger partial charge in [-0.3, -0.25) is 9.69 Å². The molecule has 0 saturated carbocycles. The molecule has 0 aromatic rings. The number of esters is 2. The van der Waals surface area contributed by atoms with Crippen LogP contribution in [0.3, 0.4) is 0 Å². The second-order valence-corrected chi connectivity index (χ2v) is 19.4. The minimum absolute atomic E-state index is 0. The quantitative estimate of drug-likeness (QED) is 0.0639. The van der Waals surface area contributed by atoms with E-state index < -0.39 is 5.97 Å². The van der Waals surface area contributed by atoms with Gasteiger partial charge in [0.15, 0.2) is 0 Å². The molecule has 2 saturated heterocycles. The average molecular weight is 918 g/mol. The fourth-order valence-corrected chi connectivity index (χ4v) is 8.39. The minimum Gasteiger partial charge on any atom is -0.462 e. The summed E-state index contributed by atoms with van der Waals surface area (Å²) in [5.41, 5.74) is -0.0873. The van der Waals surface area contributed by atoms with Crippen LogP contribution in [0.2, 0.25) is 0 Å². The maximum Gasteiger partial charge on any atom is 0.385 e. The van der Waals surface area contributed by atoms with Crippen molar-refractivity contribution >= 4 is 11.9 Å². The molecule has 0 radical (unpaired) electrons. The Morgan fingerprint density at radius 2 is 0.815 bits per heavy atom. The van der Waals surface area contributed by atoms with Gasteiger partial charge in [0.25, 0.3) is 0 Å². The zero-order valence-corrected chi connectivity index (χ0v) is 41.9. The molecule has 2 aliphatic heterocycles. The largest absolute Gasteiger partial charge is 0.462 e. The van der Waals surface area contributed by atoms with E-state index in [1.807, 2.05) is 0 Å². The molecular formula is C59H116N2O4. The Kier molecular flexibility index (Phi) is 29.2. The molecule has 0 aliphatic carbocycles. The first-order valence-electron chi connectivity index (χ1n) is 23.8.